The number of nitro groups is 1. The number of hydrogen-bond donors (Lipinski definition) is 3. The molecule has 11 nitrogen and oxygen atoms in total. The predicted octanol–water partition coefficient (Wildman–Crippen LogP) is 2.86. The van der Waals surface area contributed by atoms with Gasteiger partial charge in [-0.25, -0.2) is 24.8 Å². The lowest BCUT2D eigenvalue weighted by Crippen LogP contribution is -2.54. The van der Waals surface area contributed by atoms with Crippen LogP contribution >= 0.6 is 0 Å². The van der Waals surface area contributed by atoms with E-state index in [0.717, 1.165) is 11.6 Å². The number of urea groups is 2. The minimum atomic E-state index is -1.41. The largest absolute Gasteiger partial charge is 0.478 e. The minimum absolute atomic E-state index is 0.00414. The lowest BCUT2D eigenvalue weighted by atomic mass is 9.94. The number of rotatable bonds is 6. The van der Waals surface area contributed by atoms with E-state index in [1.165, 1.54) is 25.1 Å². The van der Waals surface area contributed by atoms with E-state index >= 15 is 0 Å². The summed E-state index contributed by atoms with van der Waals surface area (Å²) in [6.45, 7) is 1.37. The minimum Gasteiger partial charge on any atom is -0.478 e. The highest BCUT2D eigenvalue weighted by molar-refractivity contribution is 6.01. The van der Waals surface area contributed by atoms with Gasteiger partial charge in [-0.15, -0.1) is 0 Å². The number of carboxylic acid groups (broad SMARTS) is 1. The Balaban J connectivity index is 1.93. The number of imide groups is 1. The Morgan fingerprint density at radius 2 is 1.94 bits per heavy atom. The second-order valence-electron chi connectivity index (χ2n) is 6.58. The molecule has 0 spiro atoms. The summed E-state index contributed by atoms with van der Waals surface area (Å²) in [5.74, 6) is -1.39. The Labute approximate surface area is 176 Å². The number of hydroxylamine groups is 1. The number of carboxylic acids is 1. The number of hydrogen-bond acceptors (Lipinski definition) is 6. The maximum Gasteiger partial charge on any atom is 0.350 e. The van der Waals surface area contributed by atoms with E-state index in [1.807, 2.05) is 6.07 Å². The van der Waals surface area contributed by atoms with Gasteiger partial charge in [-0.3, -0.25) is 15.0 Å². The van der Waals surface area contributed by atoms with Gasteiger partial charge in [0.2, 0.25) is 0 Å². The van der Waals surface area contributed by atoms with Gasteiger partial charge in [0.15, 0.2) is 0 Å². The van der Waals surface area contributed by atoms with E-state index in [9.17, 15) is 29.6 Å². The Bertz CT molecular complexity index is 1070. The number of benzene rings is 2. The number of nitrogens with one attached hydrogen (secondary N) is 2. The molecule has 0 aliphatic carbocycles. The lowest BCUT2D eigenvalue weighted by Gasteiger charge is -2.35. The maximum atomic E-state index is 12.8. The summed E-state index contributed by atoms with van der Waals surface area (Å²) in [6, 6.07) is 10.6. The molecule has 1 aliphatic heterocycles. The fourth-order valence-corrected chi connectivity index (χ4v) is 3.15. The number of nitro benzene ring substituents is 1. The van der Waals surface area contributed by atoms with Crippen LogP contribution < -0.4 is 10.8 Å². The molecule has 4 amide bonds. The normalized spacial score (nSPS) is 16.0. The van der Waals surface area contributed by atoms with Gasteiger partial charge in [-0.2, -0.15) is 0 Å². The third-order valence-corrected chi connectivity index (χ3v) is 4.54. The molecular weight excluding hydrogens is 408 g/mol. The maximum absolute atomic E-state index is 12.8. The molecule has 0 saturated carbocycles. The SMILES string of the molecule is CC1=C(C(=O)O)C(c2cccc([N+](=O)[O-])c2)N(C(=O)NOCc2ccccc2)C(=O)N1. The molecule has 160 valence electrons. The van der Waals surface area contributed by atoms with Crippen molar-refractivity contribution in [2.24, 2.45) is 0 Å². The third kappa shape index (κ3) is 4.67. The summed E-state index contributed by atoms with van der Waals surface area (Å²) in [4.78, 5) is 53.5. The van der Waals surface area contributed by atoms with E-state index in [-0.39, 0.29) is 29.1 Å². The van der Waals surface area contributed by atoms with Gasteiger partial charge in [0.05, 0.1) is 17.1 Å². The van der Waals surface area contributed by atoms with Crippen molar-refractivity contribution in [2.75, 3.05) is 0 Å². The van der Waals surface area contributed by atoms with Crippen LogP contribution in [0, 0.1) is 10.1 Å². The molecule has 0 bridgehead atoms. The van der Waals surface area contributed by atoms with Crippen molar-refractivity contribution < 1.29 is 29.3 Å². The molecule has 1 heterocycles. The molecule has 2 aromatic rings. The first-order valence-electron chi connectivity index (χ1n) is 9.04. The number of carbonyl (C=O) groups is 3. The third-order valence-electron chi connectivity index (χ3n) is 4.54. The van der Waals surface area contributed by atoms with Crippen LogP contribution in [-0.4, -0.2) is 33.0 Å². The van der Waals surface area contributed by atoms with E-state index < -0.39 is 29.0 Å². The van der Waals surface area contributed by atoms with Crippen LogP contribution in [0.1, 0.15) is 24.1 Å². The molecule has 1 unspecified atom stereocenters. The quantitative estimate of drug-likeness (QED) is 0.474. The van der Waals surface area contributed by atoms with Gasteiger partial charge >= 0.3 is 18.0 Å². The van der Waals surface area contributed by atoms with Gasteiger partial charge in [-0.05, 0) is 18.1 Å². The van der Waals surface area contributed by atoms with Crippen LogP contribution in [0.5, 0.6) is 0 Å². The second-order valence-corrected chi connectivity index (χ2v) is 6.58. The van der Waals surface area contributed by atoms with Crippen molar-refractivity contribution in [1.82, 2.24) is 15.7 Å². The number of nitrogens with zero attached hydrogens (tertiary/aromatic N) is 2. The summed E-state index contributed by atoms with van der Waals surface area (Å²) >= 11 is 0. The molecule has 31 heavy (non-hydrogen) atoms. The molecule has 3 N–H and O–H groups in total. The highest BCUT2D eigenvalue weighted by Gasteiger charge is 2.42. The molecule has 1 atom stereocenters. The summed E-state index contributed by atoms with van der Waals surface area (Å²) in [7, 11) is 0. The Hall–Kier alpha value is -4.25. The summed E-state index contributed by atoms with van der Waals surface area (Å²) in [6.07, 6.45) is 0. The molecule has 0 radical (unpaired) electrons. The van der Waals surface area contributed by atoms with Crippen molar-refractivity contribution in [3.8, 4) is 0 Å². The van der Waals surface area contributed by atoms with Crippen molar-refractivity contribution >= 4 is 23.7 Å². The zero-order chi connectivity index (χ0) is 22.5. The van der Waals surface area contributed by atoms with Crippen LogP contribution in [0.4, 0.5) is 15.3 Å². The number of allylic oxidation sites excluding steroid dienone is 1. The summed E-state index contributed by atoms with van der Waals surface area (Å²) in [5, 5.41) is 23.2. The van der Waals surface area contributed by atoms with Gasteiger partial charge in [0.25, 0.3) is 5.69 Å². The van der Waals surface area contributed by atoms with Gasteiger partial charge in [0, 0.05) is 17.8 Å². The molecule has 0 fully saturated rings. The van der Waals surface area contributed by atoms with E-state index in [1.54, 1.807) is 24.3 Å². The molecular formula is C20H18N4O7. The zero-order valence-electron chi connectivity index (χ0n) is 16.3. The van der Waals surface area contributed by atoms with Crippen molar-refractivity contribution in [1.29, 1.82) is 0 Å². The smallest absolute Gasteiger partial charge is 0.350 e. The molecule has 3 rings (SSSR count). The molecule has 2 aromatic carbocycles. The van der Waals surface area contributed by atoms with Crippen LogP contribution in [-0.2, 0) is 16.2 Å². The van der Waals surface area contributed by atoms with Crippen LogP contribution in [0.3, 0.4) is 0 Å². The fourth-order valence-electron chi connectivity index (χ4n) is 3.15. The van der Waals surface area contributed by atoms with Crippen molar-refractivity contribution in [2.45, 2.75) is 19.6 Å². The first-order chi connectivity index (χ1) is 14.8. The molecule has 0 saturated heterocycles. The fraction of sp³-hybridized carbons (Fsp3) is 0.150. The van der Waals surface area contributed by atoms with Gasteiger partial charge in [0.1, 0.15) is 6.04 Å². The number of carbonyl (C=O) groups excluding carboxylic acids is 2. The standard InChI is InChI=1S/C20H18N4O7/c1-12-16(18(25)26)17(14-8-5-9-15(10-14)24(29)30)23(19(27)21-12)20(28)22-31-11-13-6-3-2-4-7-13/h2-10,17H,11H2,1H3,(H,21,27)(H,22,28)(H,25,26). The highest BCUT2D eigenvalue weighted by atomic mass is 16.7. The lowest BCUT2D eigenvalue weighted by molar-refractivity contribution is -0.384. The van der Waals surface area contributed by atoms with Crippen LogP contribution in [0.15, 0.2) is 65.9 Å². The monoisotopic (exact) mass is 426 g/mol. The number of aliphatic carboxylic acids is 1. The average molecular weight is 426 g/mol. The average Bonchev–Trinajstić information content (AvgIpc) is 2.73. The van der Waals surface area contributed by atoms with Crippen molar-refractivity contribution in [3.05, 3.63) is 87.1 Å². The first kappa shape index (κ1) is 21.5. The predicted molar refractivity (Wildman–Crippen MR) is 106 cm³/mol. The molecule has 11 heteroatoms. The van der Waals surface area contributed by atoms with Crippen LogP contribution in [0.25, 0.3) is 0 Å². The number of amides is 4. The second kappa shape index (κ2) is 9.05. The van der Waals surface area contributed by atoms with Crippen molar-refractivity contribution in [3.63, 3.8) is 0 Å². The van der Waals surface area contributed by atoms with Gasteiger partial charge < -0.3 is 10.4 Å². The summed E-state index contributed by atoms with van der Waals surface area (Å²) < 4.78 is 0. The Morgan fingerprint density at radius 1 is 1.23 bits per heavy atom. The van der Waals surface area contributed by atoms with Crippen LogP contribution in [0.2, 0.25) is 0 Å². The van der Waals surface area contributed by atoms with E-state index in [4.69, 9.17) is 4.84 Å². The molecule has 1 aliphatic rings. The Kier molecular flexibility index (Phi) is 6.26. The molecule has 0 aromatic heterocycles. The first-order valence-corrected chi connectivity index (χ1v) is 9.04. The van der Waals surface area contributed by atoms with E-state index in [2.05, 4.69) is 10.8 Å². The zero-order valence-corrected chi connectivity index (χ0v) is 16.3. The van der Waals surface area contributed by atoms with E-state index in [0.29, 0.717) is 4.90 Å². The highest BCUT2D eigenvalue weighted by Crippen LogP contribution is 2.35. The Morgan fingerprint density at radius 3 is 2.58 bits per heavy atom. The topological polar surface area (TPSA) is 151 Å². The van der Waals surface area contributed by atoms with Gasteiger partial charge in [-0.1, -0.05) is 42.5 Å². The number of non-ortho nitro benzene ring substituents is 1. The summed E-state index contributed by atoms with van der Waals surface area (Å²) in [5.41, 5.74) is 2.35.